The van der Waals surface area contributed by atoms with Crippen molar-refractivity contribution in [2.24, 2.45) is 5.92 Å². The molecule has 0 fully saturated rings. The Morgan fingerprint density at radius 3 is 2.42 bits per heavy atom. The minimum atomic E-state index is -3.64. The number of hydrogen-bond acceptors (Lipinski definition) is 6. The monoisotopic (exact) mass is 466 g/mol. The van der Waals surface area contributed by atoms with E-state index in [0.29, 0.717) is 6.54 Å². The summed E-state index contributed by atoms with van der Waals surface area (Å²) in [4.78, 5) is 36.6. The molecule has 0 aliphatic rings. The van der Waals surface area contributed by atoms with Gasteiger partial charge in [-0.25, -0.2) is 13.2 Å². The number of benzene rings is 2. The zero-order valence-electron chi connectivity index (χ0n) is 17.3. The number of carbonyl (C=O) groups excluding carboxylic acids is 3. The molecule has 0 radical (unpaired) electrons. The summed E-state index contributed by atoms with van der Waals surface area (Å²) >= 11 is 5.86. The molecule has 2 aromatic carbocycles. The van der Waals surface area contributed by atoms with Gasteiger partial charge in [-0.15, -0.1) is 0 Å². The highest BCUT2D eigenvalue weighted by molar-refractivity contribution is 7.90. The van der Waals surface area contributed by atoms with Gasteiger partial charge in [-0.05, 0) is 36.2 Å². The molecule has 2 N–H and O–H groups in total. The lowest BCUT2D eigenvalue weighted by Gasteiger charge is -2.13. The molecule has 0 saturated heterocycles. The van der Waals surface area contributed by atoms with Gasteiger partial charge in [0, 0.05) is 12.8 Å². The third-order valence-corrected chi connectivity index (χ3v) is 5.60. The first kappa shape index (κ1) is 24.4. The third kappa shape index (κ3) is 7.08. The topological polar surface area (TPSA) is 119 Å². The average Bonchev–Trinajstić information content (AvgIpc) is 2.70. The molecule has 2 rings (SSSR count). The van der Waals surface area contributed by atoms with Crippen molar-refractivity contribution in [2.45, 2.75) is 18.7 Å². The smallest absolute Gasteiger partial charge is 0.338 e. The van der Waals surface area contributed by atoms with Crippen LogP contribution in [0.25, 0.3) is 0 Å². The van der Waals surface area contributed by atoms with Crippen molar-refractivity contribution < 1.29 is 27.5 Å². The molecule has 31 heavy (non-hydrogen) atoms. The summed E-state index contributed by atoms with van der Waals surface area (Å²) in [7, 11) is -3.64. The van der Waals surface area contributed by atoms with Crippen LogP contribution >= 0.6 is 11.6 Å². The highest BCUT2D eigenvalue weighted by atomic mass is 35.5. The fourth-order valence-corrected chi connectivity index (χ4v) is 3.80. The van der Waals surface area contributed by atoms with E-state index in [0.717, 1.165) is 12.3 Å². The van der Waals surface area contributed by atoms with Crippen LogP contribution in [0.2, 0.25) is 5.02 Å². The quantitative estimate of drug-likeness (QED) is 0.577. The van der Waals surface area contributed by atoms with Crippen LogP contribution in [0.3, 0.4) is 0 Å². The number of halogens is 1. The van der Waals surface area contributed by atoms with Crippen molar-refractivity contribution in [1.29, 1.82) is 0 Å². The van der Waals surface area contributed by atoms with Crippen molar-refractivity contribution >= 4 is 44.9 Å². The summed E-state index contributed by atoms with van der Waals surface area (Å²) in [5.74, 6) is -1.62. The molecular formula is C21H23ClN2O6S. The summed E-state index contributed by atoms with van der Waals surface area (Å²) < 4.78 is 28.4. The molecule has 0 unspecified atom stereocenters. The van der Waals surface area contributed by atoms with Crippen LogP contribution in [0.1, 0.15) is 34.6 Å². The number of rotatable bonds is 8. The predicted octanol–water partition coefficient (Wildman–Crippen LogP) is 2.92. The first-order valence-corrected chi connectivity index (χ1v) is 11.6. The van der Waals surface area contributed by atoms with Crippen LogP contribution in [-0.2, 0) is 19.4 Å². The van der Waals surface area contributed by atoms with E-state index in [1.54, 1.807) is 24.3 Å². The van der Waals surface area contributed by atoms with E-state index in [4.69, 9.17) is 16.3 Å². The fraction of sp³-hybridized carbons (Fsp3) is 0.286. The largest absolute Gasteiger partial charge is 0.452 e. The van der Waals surface area contributed by atoms with Gasteiger partial charge in [0.05, 0.1) is 26.7 Å². The Kier molecular flexibility index (Phi) is 8.18. The Morgan fingerprint density at radius 2 is 1.77 bits per heavy atom. The number of esters is 1. The van der Waals surface area contributed by atoms with Crippen LogP contribution in [0.15, 0.2) is 47.4 Å². The van der Waals surface area contributed by atoms with Gasteiger partial charge < -0.3 is 15.4 Å². The van der Waals surface area contributed by atoms with E-state index in [1.165, 1.54) is 12.1 Å². The first-order valence-electron chi connectivity index (χ1n) is 9.33. The molecule has 0 aromatic heterocycles. The second kappa shape index (κ2) is 10.4. The van der Waals surface area contributed by atoms with Gasteiger partial charge in [0.2, 0.25) is 0 Å². The van der Waals surface area contributed by atoms with E-state index in [2.05, 4.69) is 10.6 Å². The van der Waals surface area contributed by atoms with E-state index >= 15 is 0 Å². The average molecular weight is 467 g/mol. The van der Waals surface area contributed by atoms with Crippen LogP contribution < -0.4 is 10.6 Å². The van der Waals surface area contributed by atoms with Gasteiger partial charge >= 0.3 is 5.97 Å². The number of carbonyl (C=O) groups is 3. The first-order chi connectivity index (χ1) is 14.5. The maximum atomic E-state index is 12.3. The summed E-state index contributed by atoms with van der Waals surface area (Å²) in [5.41, 5.74) is 0.486. The SMILES string of the molecule is CC(C)CNC(=O)c1ccccc1NC(=O)COC(=O)c1ccc(Cl)c(S(C)(=O)=O)c1. The lowest BCUT2D eigenvalue weighted by Crippen LogP contribution is -2.29. The Morgan fingerprint density at radius 1 is 1.10 bits per heavy atom. The van der Waals surface area contributed by atoms with Crippen molar-refractivity contribution in [3.8, 4) is 0 Å². The van der Waals surface area contributed by atoms with E-state index in [1.807, 2.05) is 13.8 Å². The van der Waals surface area contributed by atoms with Crippen molar-refractivity contribution in [3.05, 3.63) is 58.6 Å². The number of nitrogens with one attached hydrogen (secondary N) is 2. The second-order valence-corrected chi connectivity index (χ2v) is 9.58. The van der Waals surface area contributed by atoms with Gasteiger partial charge in [0.25, 0.3) is 11.8 Å². The van der Waals surface area contributed by atoms with E-state index in [-0.39, 0.29) is 38.6 Å². The minimum absolute atomic E-state index is 0.0239. The van der Waals surface area contributed by atoms with E-state index < -0.39 is 28.3 Å². The summed E-state index contributed by atoms with van der Waals surface area (Å²) in [5, 5.41) is 5.28. The molecule has 0 saturated carbocycles. The molecule has 0 aliphatic carbocycles. The Hall–Kier alpha value is -2.91. The minimum Gasteiger partial charge on any atom is -0.452 e. The summed E-state index contributed by atoms with van der Waals surface area (Å²) in [6.45, 7) is 3.77. The second-order valence-electron chi connectivity index (χ2n) is 7.19. The van der Waals surface area contributed by atoms with E-state index in [9.17, 15) is 22.8 Å². The number of para-hydroxylation sites is 1. The lowest BCUT2D eigenvalue weighted by molar-refractivity contribution is -0.119. The Bertz CT molecular complexity index is 1100. The molecule has 0 aliphatic heterocycles. The zero-order valence-corrected chi connectivity index (χ0v) is 18.8. The molecule has 0 spiro atoms. The van der Waals surface area contributed by atoms with Crippen molar-refractivity contribution in [1.82, 2.24) is 5.32 Å². The predicted molar refractivity (Wildman–Crippen MR) is 117 cm³/mol. The molecule has 0 bridgehead atoms. The maximum absolute atomic E-state index is 12.3. The normalized spacial score (nSPS) is 11.1. The van der Waals surface area contributed by atoms with Gasteiger partial charge in [-0.1, -0.05) is 37.6 Å². The van der Waals surface area contributed by atoms with Gasteiger partial charge in [0.1, 0.15) is 0 Å². The zero-order chi connectivity index (χ0) is 23.2. The number of amides is 2. The van der Waals surface area contributed by atoms with Gasteiger partial charge in [-0.3, -0.25) is 9.59 Å². The fourth-order valence-electron chi connectivity index (χ4n) is 2.50. The molecule has 8 nitrogen and oxygen atoms in total. The van der Waals surface area contributed by atoms with Gasteiger partial charge in [-0.2, -0.15) is 0 Å². The number of ether oxygens (including phenoxy) is 1. The summed E-state index contributed by atoms with van der Waals surface area (Å²) in [6.07, 6.45) is 0.964. The Balaban J connectivity index is 2.03. The molecule has 2 aromatic rings. The van der Waals surface area contributed by atoms with Gasteiger partial charge in [0.15, 0.2) is 16.4 Å². The standard InChI is InChI=1S/C21H23ClN2O6S/c1-13(2)11-23-20(26)15-6-4-5-7-17(15)24-19(25)12-30-21(27)14-8-9-16(22)18(10-14)31(3,28)29/h4-10,13H,11-12H2,1-3H3,(H,23,26)(H,24,25). The number of hydrogen-bond donors (Lipinski definition) is 2. The molecule has 0 atom stereocenters. The molecular weight excluding hydrogens is 444 g/mol. The van der Waals surface area contributed by atoms with Crippen LogP contribution in [-0.4, -0.2) is 45.6 Å². The number of anilines is 1. The lowest BCUT2D eigenvalue weighted by atomic mass is 10.1. The molecule has 10 heteroatoms. The maximum Gasteiger partial charge on any atom is 0.338 e. The van der Waals surface area contributed by atoms with Crippen molar-refractivity contribution in [2.75, 3.05) is 24.7 Å². The number of sulfone groups is 1. The third-order valence-electron chi connectivity index (χ3n) is 4.02. The van der Waals surface area contributed by atoms with Crippen LogP contribution in [0, 0.1) is 5.92 Å². The van der Waals surface area contributed by atoms with Crippen LogP contribution in [0.5, 0.6) is 0 Å². The summed E-state index contributed by atoms with van der Waals surface area (Å²) in [6, 6.07) is 10.1. The molecule has 2 amide bonds. The Labute approximate surface area is 185 Å². The highest BCUT2D eigenvalue weighted by Gasteiger charge is 2.18. The molecule has 166 valence electrons. The van der Waals surface area contributed by atoms with Crippen LogP contribution in [0.4, 0.5) is 5.69 Å². The highest BCUT2D eigenvalue weighted by Crippen LogP contribution is 2.23. The molecule has 0 heterocycles. The van der Waals surface area contributed by atoms with Crippen molar-refractivity contribution in [3.63, 3.8) is 0 Å².